The molecule has 2 aliphatic rings. The average molecular weight is 690 g/mol. The summed E-state index contributed by atoms with van der Waals surface area (Å²) in [6, 6.07) is -0.926. The van der Waals surface area contributed by atoms with E-state index in [0.29, 0.717) is 12.8 Å². The maximum atomic E-state index is 12.7. The van der Waals surface area contributed by atoms with E-state index >= 15 is 0 Å². The van der Waals surface area contributed by atoms with Crippen LogP contribution in [0.25, 0.3) is 0 Å². The zero-order chi connectivity index (χ0) is 35.5. The molecule has 1 amide bonds. The predicted molar refractivity (Wildman–Crippen MR) is 175 cm³/mol. The van der Waals surface area contributed by atoms with Crippen LogP contribution >= 0.6 is 0 Å². The van der Waals surface area contributed by atoms with E-state index in [2.05, 4.69) is 43.5 Å². The monoisotopic (exact) mass is 689 g/mol. The van der Waals surface area contributed by atoms with Crippen molar-refractivity contribution in [1.82, 2.24) is 5.32 Å². The first-order valence-electron chi connectivity index (χ1n) is 17.2. The number of allylic oxidation sites excluding steroid dienone is 5. The molecule has 2 aliphatic heterocycles. The molecule has 12 unspecified atom stereocenters. The topological polar surface area (TPSA) is 228 Å². The van der Waals surface area contributed by atoms with Crippen molar-refractivity contribution in [2.45, 2.75) is 152 Å². The molecule has 0 aromatic heterocycles. The van der Waals surface area contributed by atoms with Crippen molar-refractivity contribution in [3.05, 3.63) is 36.5 Å². The second-order valence-electron chi connectivity index (χ2n) is 12.2. The lowest BCUT2D eigenvalue weighted by Crippen LogP contribution is -2.65. The number of amides is 1. The van der Waals surface area contributed by atoms with E-state index in [0.717, 1.165) is 44.9 Å². The van der Waals surface area contributed by atoms with Gasteiger partial charge in [0.25, 0.3) is 0 Å². The lowest BCUT2D eigenvalue weighted by Gasteiger charge is -2.46. The van der Waals surface area contributed by atoms with Crippen molar-refractivity contribution in [2.75, 3.05) is 19.8 Å². The molecule has 0 aromatic carbocycles. The van der Waals surface area contributed by atoms with Crippen LogP contribution in [0.2, 0.25) is 0 Å². The zero-order valence-corrected chi connectivity index (χ0v) is 28.2. The summed E-state index contributed by atoms with van der Waals surface area (Å²) in [6.07, 6.45) is 3.07. The number of hydrogen-bond donors (Lipinski definition) is 9. The number of ether oxygens (including phenoxy) is 4. The molecule has 9 N–H and O–H groups in total. The van der Waals surface area contributed by atoms with Gasteiger partial charge in [0.05, 0.1) is 32.0 Å². The van der Waals surface area contributed by atoms with Crippen LogP contribution < -0.4 is 5.32 Å². The fraction of sp³-hybridized carbons (Fsp3) is 0.794. The van der Waals surface area contributed by atoms with Gasteiger partial charge in [-0.1, -0.05) is 69.6 Å². The maximum Gasteiger partial charge on any atom is 0.220 e. The molecule has 2 rings (SSSR count). The summed E-state index contributed by atoms with van der Waals surface area (Å²) < 4.78 is 22.3. The van der Waals surface area contributed by atoms with E-state index in [1.165, 1.54) is 0 Å². The first kappa shape index (κ1) is 42.4. The molecule has 0 aliphatic carbocycles. The smallest absolute Gasteiger partial charge is 0.220 e. The van der Waals surface area contributed by atoms with Crippen molar-refractivity contribution in [3.63, 3.8) is 0 Å². The molecule has 48 heavy (non-hydrogen) atoms. The summed E-state index contributed by atoms with van der Waals surface area (Å²) in [5.41, 5.74) is 0. The minimum absolute atomic E-state index is 0.260. The minimum atomic E-state index is -1.79. The molecular formula is C34H59NO13. The molecule has 2 fully saturated rings. The normalized spacial score (nSPS) is 32.7. The highest BCUT2D eigenvalue weighted by Crippen LogP contribution is 2.29. The highest BCUT2D eigenvalue weighted by molar-refractivity contribution is 5.76. The maximum absolute atomic E-state index is 12.7. The zero-order valence-electron chi connectivity index (χ0n) is 28.2. The van der Waals surface area contributed by atoms with Gasteiger partial charge in [-0.15, -0.1) is 0 Å². The number of carbonyl (C=O) groups is 1. The second kappa shape index (κ2) is 23.6. The van der Waals surface area contributed by atoms with Crippen LogP contribution in [0.5, 0.6) is 0 Å². The van der Waals surface area contributed by atoms with E-state index in [1.807, 2.05) is 6.08 Å². The van der Waals surface area contributed by atoms with E-state index in [9.17, 15) is 45.6 Å². The number of nitrogens with one attached hydrogen (secondary N) is 1. The fourth-order valence-electron chi connectivity index (χ4n) is 5.38. The highest BCUT2D eigenvalue weighted by atomic mass is 16.7. The Hall–Kier alpha value is -1.79. The van der Waals surface area contributed by atoms with Crippen LogP contribution in [0.15, 0.2) is 36.5 Å². The molecule has 0 radical (unpaired) electrons. The van der Waals surface area contributed by atoms with Crippen LogP contribution in [-0.2, 0) is 23.7 Å². The SMILES string of the molecule is CC/C=C/CC/C=C/CC/C=C/C(O)C(COC1OC(CO)C(OC2OC(CO)C(O)C(O)C2O)C(O)C1O)NC(=O)CCCCCC. The molecule has 12 atom stereocenters. The van der Waals surface area contributed by atoms with Crippen LogP contribution in [-0.4, -0.2) is 140 Å². The quantitative estimate of drug-likeness (QED) is 0.0543. The number of unbranched alkanes of at least 4 members (excludes halogenated alkanes) is 5. The molecule has 2 heterocycles. The Kier molecular flexibility index (Phi) is 20.8. The van der Waals surface area contributed by atoms with Crippen molar-refractivity contribution in [1.29, 1.82) is 0 Å². The van der Waals surface area contributed by atoms with E-state index in [1.54, 1.807) is 6.08 Å². The second-order valence-corrected chi connectivity index (χ2v) is 12.2. The Morgan fingerprint density at radius 1 is 0.750 bits per heavy atom. The molecule has 278 valence electrons. The Morgan fingerprint density at radius 3 is 1.98 bits per heavy atom. The summed E-state index contributed by atoms with van der Waals surface area (Å²) in [6.45, 7) is 2.42. The van der Waals surface area contributed by atoms with Crippen LogP contribution in [0.3, 0.4) is 0 Å². The Labute approximate surface area is 283 Å². The number of aliphatic hydroxyl groups excluding tert-OH is 8. The first-order chi connectivity index (χ1) is 23.1. The van der Waals surface area contributed by atoms with Gasteiger partial charge in [-0.25, -0.2) is 0 Å². The summed E-state index contributed by atoms with van der Waals surface area (Å²) >= 11 is 0. The fourth-order valence-corrected chi connectivity index (χ4v) is 5.38. The van der Waals surface area contributed by atoms with Gasteiger partial charge < -0.3 is 65.1 Å². The third-order valence-electron chi connectivity index (χ3n) is 8.32. The molecule has 0 spiro atoms. The summed E-state index contributed by atoms with van der Waals surface area (Å²) in [5.74, 6) is -0.279. The molecular weight excluding hydrogens is 630 g/mol. The van der Waals surface area contributed by atoms with E-state index < -0.39 is 86.8 Å². The third kappa shape index (κ3) is 13.8. The van der Waals surface area contributed by atoms with Crippen molar-refractivity contribution >= 4 is 5.91 Å². The predicted octanol–water partition coefficient (Wildman–Crippen LogP) is 0.0822. The number of carbonyl (C=O) groups excluding carboxylic acids is 1. The largest absolute Gasteiger partial charge is 0.394 e. The summed E-state index contributed by atoms with van der Waals surface area (Å²) in [5, 5.41) is 85.4. The highest BCUT2D eigenvalue weighted by Gasteiger charge is 2.50. The van der Waals surface area contributed by atoms with Gasteiger partial charge in [0.15, 0.2) is 12.6 Å². The van der Waals surface area contributed by atoms with Crippen LogP contribution in [0.4, 0.5) is 0 Å². The summed E-state index contributed by atoms with van der Waals surface area (Å²) in [7, 11) is 0. The van der Waals surface area contributed by atoms with Gasteiger partial charge in [-0.2, -0.15) is 0 Å². The van der Waals surface area contributed by atoms with Crippen molar-refractivity contribution < 1.29 is 64.6 Å². The average Bonchev–Trinajstić information content (AvgIpc) is 3.08. The molecule has 0 bridgehead atoms. The number of hydrogen-bond acceptors (Lipinski definition) is 13. The first-order valence-corrected chi connectivity index (χ1v) is 17.2. The van der Waals surface area contributed by atoms with E-state index in [4.69, 9.17) is 18.9 Å². The molecule has 0 saturated carbocycles. The van der Waals surface area contributed by atoms with Gasteiger partial charge >= 0.3 is 0 Å². The third-order valence-corrected chi connectivity index (χ3v) is 8.32. The van der Waals surface area contributed by atoms with E-state index in [-0.39, 0.29) is 18.9 Å². The minimum Gasteiger partial charge on any atom is -0.394 e. The van der Waals surface area contributed by atoms with Gasteiger partial charge in [0.1, 0.15) is 48.8 Å². The molecule has 14 heteroatoms. The van der Waals surface area contributed by atoms with Gasteiger partial charge in [-0.05, 0) is 38.5 Å². The lowest BCUT2D eigenvalue weighted by molar-refractivity contribution is -0.359. The molecule has 2 saturated heterocycles. The van der Waals surface area contributed by atoms with Crippen molar-refractivity contribution in [2.24, 2.45) is 0 Å². The van der Waals surface area contributed by atoms with Crippen LogP contribution in [0, 0.1) is 0 Å². The number of aliphatic hydroxyl groups is 8. The Balaban J connectivity index is 2.02. The van der Waals surface area contributed by atoms with Gasteiger partial charge in [0.2, 0.25) is 5.91 Å². The Morgan fingerprint density at radius 2 is 1.35 bits per heavy atom. The molecule has 0 aromatic rings. The standard InChI is InChI=1S/C34H59NO13/c1-3-5-7-9-10-11-12-13-14-15-17-23(38)22(35-26(39)18-16-8-6-4-2)21-45-33-31(44)29(42)32(25(20-37)47-33)48-34-30(43)28(41)27(40)24(19-36)46-34/h5,7,11-12,15,17,22-25,27-34,36-38,40-44H,3-4,6,8-10,13-14,16,18-21H2,1-2H3,(H,35,39)/b7-5+,12-11+,17-15+. The van der Waals surface area contributed by atoms with Crippen LogP contribution in [0.1, 0.15) is 78.1 Å². The van der Waals surface area contributed by atoms with Gasteiger partial charge in [-0.3, -0.25) is 4.79 Å². The molecule has 14 nitrogen and oxygen atoms in total. The van der Waals surface area contributed by atoms with Crippen molar-refractivity contribution in [3.8, 4) is 0 Å². The van der Waals surface area contributed by atoms with Gasteiger partial charge in [0, 0.05) is 6.42 Å². The Bertz CT molecular complexity index is 961. The summed E-state index contributed by atoms with van der Waals surface area (Å²) in [4.78, 5) is 12.7. The number of rotatable bonds is 22. The lowest BCUT2D eigenvalue weighted by atomic mass is 9.97.